The minimum atomic E-state index is -3.35. The molecule has 3 aromatic rings. The van der Waals surface area contributed by atoms with E-state index in [4.69, 9.17) is 0 Å². The molecule has 1 aliphatic heterocycles. The molecule has 2 aromatic carbocycles. The zero-order valence-electron chi connectivity index (χ0n) is 20.6. The molecule has 5 rings (SSSR count). The predicted molar refractivity (Wildman–Crippen MR) is 137 cm³/mol. The molecule has 2 aliphatic rings. The Hall–Kier alpha value is -3.24. The minimum absolute atomic E-state index is 0.0649. The maximum absolute atomic E-state index is 12.6. The SMILES string of the molecule is CN(C)S(=O)(=O)Cc1cccc(-c2ccc(-n3c(C[C@@H]4CCN(C(=O)C5CC5)C4)n[nH]c3=O)cc2)c1. The first kappa shape index (κ1) is 24.5. The van der Waals surface area contributed by atoms with Gasteiger partial charge in [-0.05, 0) is 54.0 Å². The van der Waals surface area contributed by atoms with Crippen LogP contribution in [-0.4, -0.2) is 65.5 Å². The van der Waals surface area contributed by atoms with Crippen LogP contribution < -0.4 is 5.69 Å². The lowest BCUT2D eigenvalue weighted by Crippen LogP contribution is -2.30. The Labute approximate surface area is 210 Å². The van der Waals surface area contributed by atoms with Gasteiger partial charge < -0.3 is 4.90 Å². The van der Waals surface area contributed by atoms with Crippen molar-refractivity contribution in [1.82, 2.24) is 24.0 Å². The van der Waals surface area contributed by atoms with Crippen molar-refractivity contribution < 1.29 is 13.2 Å². The largest absolute Gasteiger partial charge is 0.347 e. The van der Waals surface area contributed by atoms with Gasteiger partial charge in [0.15, 0.2) is 0 Å². The monoisotopic (exact) mass is 509 g/mol. The Morgan fingerprint density at radius 3 is 2.53 bits per heavy atom. The molecular formula is C26H31N5O4S. The summed E-state index contributed by atoms with van der Waals surface area (Å²) in [7, 11) is -0.296. The number of hydrogen-bond acceptors (Lipinski definition) is 5. The van der Waals surface area contributed by atoms with Crippen LogP contribution in [0, 0.1) is 11.8 Å². The molecule has 0 bridgehead atoms. The predicted octanol–water partition coefficient (Wildman–Crippen LogP) is 2.42. The summed E-state index contributed by atoms with van der Waals surface area (Å²) in [4.78, 5) is 26.9. The third-order valence-electron chi connectivity index (χ3n) is 7.03. The van der Waals surface area contributed by atoms with E-state index in [0.717, 1.165) is 43.5 Å². The number of carbonyl (C=O) groups excluding carboxylic acids is 1. The van der Waals surface area contributed by atoms with Gasteiger partial charge in [0.2, 0.25) is 15.9 Å². The smallest absolute Gasteiger partial charge is 0.342 e. The molecule has 9 nitrogen and oxygen atoms in total. The first-order valence-corrected chi connectivity index (χ1v) is 13.9. The maximum atomic E-state index is 12.6. The third-order valence-corrected chi connectivity index (χ3v) is 8.84. The zero-order chi connectivity index (χ0) is 25.4. The van der Waals surface area contributed by atoms with Crippen molar-refractivity contribution in [2.75, 3.05) is 27.2 Å². The number of aromatic nitrogens is 3. The van der Waals surface area contributed by atoms with Gasteiger partial charge in [-0.2, -0.15) is 5.10 Å². The Morgan fingerprint density at radius 2 is 1.83 bits per heavy atom. The van der Waals surface area contributed by atoms with E-state index >= 15 is 0 Å². The molecule has 1 aromatic heterocycles. The number of amides is 1. The van der Waals surface area contributed by atoms with Crippen molar-refractivity contribution in [1.29, 1.82) is 0 Å². The lowest BCUT2D eigenvalue weighted by Gasteiger charge is -2.16. The molecule has 2 heterocycles. The molecule has 1 saturated heterocycles. The van der Waals surface area contributed by atoms with Gasteiger partial charge in [-0.15, -0.1) is 0 Å². The fourth-order valence-corrected chi connectivity index (χ4v) is 5.62. The van der Waals surface area contributed by atoms with Crippen LogP contribution >= 0.6 is 0 Å². The molecule has 10 heteroatoms. The van der Waals surface area contributed by atoms with Gasteiger partial charge in [0.1, 0.15) is 5.82 Å². The number of nitrogens with one attached hydrogen (secondary N) is 1. The molecule has 2 fully saturated rings. The molecule has 0 spiro atoms. The van der Waals surface area contributed by atoms with E-state index in [9.17, 15) is 18.0 Å². The Balaban J connectivity index is 1.32. The number of aromatic amines is 1. The summed E-state index contributed by atoms with van der Waals surface area (Å²) >= 11 is 0. The van der Waals surface area contributed by atoms with E-state index in [1.807, 2.05) is 47.4 Å². The number of sulfonamides is 1. The summed E-state index contributed by atoms with van der Waals surface area (Å²) in [6.45, 7) is 1.49. The Bertz CT molecular complexity index is 1420. The zero-order valence-corrected chi connectivity index (χ0v) is 21.4. The second kappa shape index (κ2) is 9.67. The highest BCUT2D eigenvalue weighted by atomic mass is 32.2. The van der Waals surface area contributed by atoms with Gasteiger partial charge in [0, 0.05) is 39.5 Å². The maximum Gasteiger partial charge on any atom is 0.347 e. The van der Waals surface area contributed by atoms with Gasteiger partial charge in [0.25, 0.3) is 0 Å². The standard InChI is InChI=1S/C26H31N5O4S/c1-29(2)36(34,35)17-19-4-3-5-22(14-19)20-8-10-23(11-9-20)31-24(27-28-26(31)33)15-18-12-13-30(16-18)25(32)21-6-7-21/h3-5,8-11,14,18,21H,6-7,12-13,15-17H2,1-2H3,(H,28,33)/t18-/m0/s1. The molecule has 36 heavy (non-hydrogen) atoms. The Morgan fingerprint density at radius 1 is 1.08 bits per heavy atom. The number of nitrogens with zero attached hydrogens (tertiary/aromatic N) is 4. The van der Waals surface area contributed by atoms with E-state index in [0.29, 0.717) is 23.5 Å². The van der Waals surface area contributed by atoms with Crippen molar-refractivity contribution in [3.05, 3.63) is 70.4 Å². The van der Waals surface area contributed by atoms with E-state index in [1.165, 1.54) is 18.4 Å². The summed E-state index contributed by atoms with van der Waals surface area (Å²) < 4.78 is 27.3. The second-order valence-electron chi connectivity index (χ2n) is 9.98. The lowest BCUT2D eigenvalue weighted by atomic mass is 10.0. The number of likely N-dealkylation sites (tertiary alicyclic amines) is 1. The number of carbonyl (C=O) groups is 1. The molecule has 0 unspecified atom stereocenters. The number of hydrogen-bond donors (Lipinski definition) is 1. The highest BCUT2D eigenvalue weighted by Crippen LogP contribution is 2.33. The fraction of sp³-hybridized carbons (Fsp3) is 0.423. The Kier molecular flexibility index (Phi) is 6.57. The van der Waals surface area contributed by atoms with E-state index in [-0.39, 0.29) is 29.2 Å². The highest BCUT2D eigenvalue weighted by Gasteiger charge is 2.37. The number of H-pyrrole nitrogens is 1. The third kappa shape index (κ3) is 5.15. The molecule has 1 atom stereocenters. The average molecular weight is 510 g/mol. The van der Waals surface area contributed by atoms with Crippen LogP contribution in [0.2, 0.25) is 0 Å². The fourth-order valence-electron chi connectivity index (χ4n) is 4.76. The molecule has 1 amide bonds. The van der Waals surface area contributed by atoms with Crippen LogP contribution in [0.4, 0.5) is 0 Å². The molecule has 190 valence electrons. The average Bonchev–Trinajstić information content (AvgIpc) is 3.50. The number of benzene rings is 2. The minimum Gasteiger partial charge on any atom is -0.342 e. The summed E-state index contributed by atoms with van der Waals surface area (Å²) in [6, 6.07) is 15.0. The first-order chi connectivity index (χ1) is 17.2. The summed E-state index contributed by atoms with van der Waals surface area (Å²) in [5.74, 6) is 1.38. The van der Waals surface area contributed by atoms with Crippen LogP contribution in [0.25, 0.3) is 16.8 Å². The van der Waals surface area contributed by atoms with Crippen LogP contribution in [-0.2, 0) is 27.0 Å². The number of rotatable bonds is 8. The van der Waals surface area contributed by atoms with Crippen molar-refractivity contribution in [3.63, 3.8) is 0 Å². The van der Waals surface area contributed by atoms with Gasteiger partial charge in [-0.1, -0.05) is 36.4 Å². The summed E-state index contributed by atoms with van der Waals surface area (Å²) in [5.41, 5.74) is 2.95. The van der Waals surface area contributed by atoms with Crippen molar-refractivity contribution >= 4 is 15.9 Å². The van der Waals surface area contributed by atoms with Gasteiger partial charge in [0.05, 0.1) is 11.4 Å². The van der Waals surface area contributed by atoms with Crippen LogP contribution in [0.3, 0.4) is 0 Å². The van der Waals surface area contributed by atoms with Crippen molar-refractivity contribution in [2.45, 2.75) is 31.4 Å². The quantitative estimate of drug-likeness (QED) is 0.502. The molecule has 1 N–H and O–H groups in total. The summed E-state index contributed by atoms with van der Waals surface area (Å²) in [5, 5.41) is 6.85. The van der Waals surface area contributed by atoms with E-state index in [2.05, 4.69) is 10.2 Å². The van der Waals surface area contributed by atoms with E-state index < -0.39 is 10.0 Å². The van der Waals surface area contributed by atoms with Gasteiger partial charge in [-0.3, -0.25) is 4.79 Å². The molecule has 0 radical (unpaired) electrons. The van der Waals surface area contributed by atoms with Crippen LogP contribution in [0.5, 0.6) is 0 Å². The van der Waals surface area contributed by atoms with Crippen molar-refractivity contribution in [3.8, 4) is 16.8 Å². The molecule has 1 aliphatic carbocycles. The highest BCUT2D eigenvalue weighted by molar-refractivity contribution is 7.88. The molecule has 1 saturated carbocycles. The van der Waals surface area contributed by atoms with Crippen LogP contribution in [0.15, 0.2) is 53.3 Å². The van der Waals surface area contributed by atoms with Crippen molar-refractivity contribution in [2.24, 2.45) is 11.8 Å². The summed E-state index contributed by atoms with van der Waals surface area (Å²) in [6.07, 6.45) is 3.55. The molecular weight excluding hydrogens is 478 g/mol. The topological polar surface area (TPSA) is 108 Å². The van der Waals surface area contributed by atoms with Gasteiger partial charge in [-0.25, -0.2) is 27.2 Å². The second-order valence-corrected chi connectivity index (χ2v) is 12.2. The first-order valence-electron chi connectivity index (χ1n) is 12.3. The van der Waals surface area contributed by atoms with Gasteiger partial charge >= 0.3 is 5.69 Å². The van der Waals surface area contributed by atoms with Crippen LogP contribution in [0.1, 0.15) is 30.7 Å². The lowest BCUT2D eigenvalue weighted by molar-refractivity contribution is -0.131. The normalized spacial score (nSPS) is 18.2. The van der Waals surface area contributed by atoms with E-state index in [1.54, 1.807) is 10.6 Å².